The van der Waals surface area contributed by atoms with Gasteiger partial charge in [-0.15, -0.1) is 11.3 Å². The Kier molecular flexibility index (Phi) is 3.53. The molecule has 4 heteroatoms. The van der Waals surface area contributed by atoms with Gasteiger partial charge in [-0.1, -0.05) is 6.07 Å². The van der Waals surface area contributed by atoms with Crippen LogP contribution in [0, 0.1) is 5.82 Å². The number of hydrogen-bond acceptors (Lipinski definition) is 3. The molecule has 0 amide bonds. The summed E-state index contributed by atoms with van der Waals surface area (Å²) in [4.78, 5) is 3.58. The number of hydrogen-bond donors (Lipinski definition) is 1. The third kappa shape index (κ3) is 2.80. The van der Waals surface area contributed by atoms with Gasteiger partial charge in [0.1, 0.15) is 5.82 Å². The summed E-state index contributed by atoms with van der Waals surface area (Å²) in [6.07, 6.45) is 2.35. The molecule has 0 unspecified atom stereocenters. The summed E-state index contributed by atoms with van der Waals surface area (Å²) < 4.78 is 13.3. The van der Waals surface area contributed by atoms with E-state index in [1.807, 2.05) is 6.07 Å². The summed E-state index contributed by atoms with van der Waals surface area (Å²) in [5.74, 6) is -0.292. The highest BCUT2D eigenvalue weighted by molar-refractivity contribution is 7.09. The van der Waals surface area contributed by atoms with Crippen molar-refractivity contribution >= 4 is 17.0 Å². The predicted octanol–water partition coefficient (Wildman–Crippen LogP) is 3.55. The Morgan fingerprint density at radius 3 is 2.79 bits per heavy atom. The van der Waals surface area contributed by atoms with E-state index < -0.39 is 0 Å². The number of thiophene rings is 1. The van der Waals surface area contributed by atoms with E-state index in [2.05, 4.69) is 16.3 Å². The van der Waals surface area contributed by atoms with Crippen LogP contribution in [0.4, 0.5) is 10.1 Å². The Balaban J connectivity index is 1.91. The molecule has 2 nitrogen and oxygen atoms in total. The molecule has 1 aromatic heterocycles. The minimum absolute atomic E-state index is 0.124. The van der Waals surface area contributed by atoms with Gasteiger partial charge >= 0.3 is 0 Å². The molecule has 1 fully saturated rings. The second-order valence-corrected chi connectivity index (χ2v) is 5.90. The summed E-state index contributed by atoms with van der Waals surface area (Å²) in [5.41, 5.74) is 1.63. The normalized spacial score (nSPS) is 14.6. The van der Waals surface area contributed by atoms with Crippen LogP contribution in [-0.2, 0) is 13.2 Å². The fourth-order valence-corrected chi connectivity index (χ4v) is 3.03. The Morgan fingerprint density at radius 1 is 1.32 bits per heavy atom. The average molecular weight is 277 g/mol. The standard InChI is InChI=1S/C15H16FNOS/c16-12-3-6-15(11(8-12)10-18)17(13-4-5-13)9-14-2-1-7-19-14/h1-3,6-8,13,18H,4-5,9-10H2. The summed E-state index contributed by atoms with van der Waals surface area (Å²) in [6.45, 7) is 0.710. The molecule has 2 aromatic rings. The molecule has 3 rings (SSSR count). The van der Waals surface area contributed by atoms with Crippen LogP contribution in [0.2, 0.25) is 0 Å². The first-order valence-corrected chi connectivity index (χ1v) is 7.34. The molecular weight excluding hydrogens is 261 g/mol. The van der Waals surface area contributed by atoms with E-state index in [4.69, 9.17) is 0 Å². The molecule has 0 spiro atoms. The molecule has 0 saturated heterocycles. The fourth-order valence-electron chi connectivity index (χ4n) is 2.33. The second-order valence-electron chi connectivity index (χ2n) is 4.87. The second kappa shape index (κ2) is 5.31. The third-order valence-electron chi connectivity index (χ3n) is 3.42. The van der Waals surface area contributed by atoms with Crippen molar-refractivity contribution in [1.82, 2.24) is 0 Å². The number of benzene rings is 1. The van der Waals surface area contributed by atoms with E-state index in [0.717, 1.165) is 12.2 Å². The Hall–Kier alpha value is -1.39. The highest BCUT2D eigenvalue weighted by Gasteiger charge is 2.30. The molecule has 1 heterocycles. The first kappa shape index (κ1) is 12.6. The molecule has 0 atom stereocenters. The van der Waals surface area contributed by atoms with Crippen molar-refractivity contribution in [1.29, 1.82) is 0 Å². The van der Waals surface area contributed by atoms with Crippen molar-refractivity contribution in [3.8, 4) is 0 Å². The van der Waals surface area contributed by atoms with Gasteiger partial charge in [-0.2, -0.15) is 0 Å². The van der Waals surface area contributed by atoms with Crippen LogP contribution in [0.1, 0.15) is 23.3 Å². The number of aliphatic hydroxyl groups is 1. The van der Waals surface area contributed by atoms with Gasteiger partial charge in [-0.05, 0) is 42.5 Å². The van der Waals surface area contributed by atoms with E-state index in [-0.39, 0.29) is 12.4 Å². The first-order valence-electron chi connectivity index (χ1n) is 6.46. The van der Waals surface area contributed by atoms with E-state index in [9.17, 15) is 9.50 Å². The minimum atomic E-state index is -0.292. The maximum Gasteiger partial charge on any atom is 0.123 e. The lowest BCUT2D eigenvalue weighted by atomic mass is 10.1. The van der Waals surface area contributed by atoms with Crippen LogP contribution in [-0.4, -0.2) is 11.1 Å². The van der Waals surface area contributed by atoms with Crippen molar-refractivity contribution in [3.63, 3.8) is 0 Å². The number of rotatable bonds is 5. The molecule has 0 aliphatic heterocycles. The number of aliphatic hydroxyl groups excluding tert-OH is 1. The van der Waals surface area contributed by atoms with Gasteiger partial charge in [-0.25, -0.2) is 4.39 Å². The highest BCUT2D eigenvalue weighted by atomic mass is 32.1. The molecule has 0 radical (unpaired) electrons. The molecular formula is C15H16FNOS. The molecule has 0 bridgehead atoms. The van der Waals surface area contributed by atoms with E-state index in [1.54, 1.807) is 17.4 Å². The van der Waals surface area contributed by atoms with Crippen LogP contribution < -0.4 is 4.90 Å². The topological polar surface area (TPSA) is 23.5 Å². The quantitative estimate of drug-likeness (QED) is 0.903. The van der Waals surface area contributed by atoms with E-state index >= 15 is 0 Å². The van der Waals surface area contributed by atoms with Crippen molar-refractivity contribution < 1.29 is 9.50 Å². The zero-order chi connectivity index (χ0) is 13.2. The molecule has 1 aliphatic rings. The Bertz CT molecular complexity index is 551. The van der Waals surface area contributed by atoms with Gasteiger partial charge < -0.3 is 10.0 Å². The average Bonchev–Trinajstić information content (AvgIpc) is 3.13. The van der Waals surface area contributed by atoms with Crippen LogP contribution in [0.15, 0.2) is 35.7 Å². The minimum Gasteiger partial charge on any atom is -0.392 e. The third-order valence-corrected chi connectivity index (χ3v) is 4.28. The van der Waals surface area contributed by atoms with E-state index in [0.29, 0.717) is 11.6 Å². The van der Waals surface area contributed by atoms with Crippen molar-refractivity contribution in [2.24, 2.45) is 0 Å². The van der Waals surface area contributed by atoms with Crippen LogP contribution in [0.3, 0.4) is 0 Å². The monoisotopic (exact) mass is 277 g/mol. The predicted molar refractivity (Wildman–Crippen MR) is 75.8 cm³/mol. The summed E-state index contributed by atoms with van der Waals surface area (Å²) in [5, 5.41) is 11.5. The van der Waals surface area contributed by atoms with Gasteiger partial charge in [0.25, 0.3) is 0 Å². The lowest BCUT2D eigenvalue weighted by Gasteiger charge is -2.26. The van der Waals surface area contributed by atoms with Gasteiger partial charge in [0.15, 0.2) is 0 Å². The smallest absolute Gasteiger partial charge is 0.123 e. The zero-order valence-electron chi connectivity index (χ0n) is 10.6. The van der Waals surface area contributed by atoms with E-state index in [1.165, 1.54) is 29.9 Å². The molecule has 100 valence electrons. The van der Waals surface area contributed by atoms with Crippen LogP contribution in [0.5, 0.6) is 0 Å². The highest BCUT2D eigenvalue weighted by Crippen LogP contribution is 2.35. The molecule has 1 N–H and O–H groups in total. The summed E-state index contributed by atoms with van der Waals surface area (Å²) >= 11 is 1.73. The first-order chi connectivity index (χ1) is 9.28. The maximum atomic E-state index is 13.3. The Labute approximate surface area is 116 Å². The fraction of sp³-hybridized carbons (Fsp3) is 0.333. The van der Waals surface area contributed by atoms with Crippen molar-refractivity contribution in [2.75, 3.05) is 4.90 Å². The molecule has 1 aliphatic carbocycles. The molecule has 19 heavy (non-hydrogen) atoms. The lowest BCUT2D eigenvalue weighted by Crippen LogP contribution is -2.25. The van der Waals surface area contributed by atoms with Crippen LogP contribution >= 0.6 is 11.3 Å². The number of anilines is 1. The maximum absolute atomic E-state index is 13.3. The van der Waals surface area contributed by atoms with Gasteiger partial charge in [0.2, 0.25) is 0 Å². The summed E-state index contributed by atoms with van der Waals surface area (Å²) in [7, 11) is 0. The summed E-state index contributed by atoms with van der Waals surface area (Å²) in [6, 6.07) is 9.37. The van der Waals surface area contributed by atoms with Gasteiger partial charge in [-0.3, -0.25) is 0 Å². The van der Waals surface area contributed by atoms with Crippen molar-refractivity contribution in [2.45, 2.75) is 32.0 Å². The molecule has 1 aromatic carbocycles. The SMILES string of the molecule is OCc1cc(F)ccc1N(Cc1cccs1)C1CC1. The van der Waals surface area contributed by atoms with Gasteiger partial charge in [0, 0.05) is 22.2 Å². The van der Waals surface area contributed by atoms with Crippen LogP contribution in [0.25, 0.3) is 0 Å². The van der Waals surface area contributed by atoms with Crippen molar-refractivity contribution in [3.05, 3.63) is 52.0 Å². The number of halogens is 1. The Morgan fingerprint density at radius 2 is 2.16 bits per heavy atom. The largest absolute Gasteiger partial charge is 0.392 e. The zero-order valence-corrected chi connectivity index (χ0v) is 11.4. The lowest BCUT2D eigenvalue weighted by molar-refractivity contribution is 0.281. The molecule has 1 saturated carbocycles. The van der Waals surface area contributed by atoms with Gasteiger partial charge in [0.05, 0.1) is 13.2 Å². The number of nitrogens with zero attached hydrogens (tertiary/aromatic N) is 1.